The zero-order valence-corrected chi connectivity index (χ0v) is 9.58. The zero-order chi connectivity index (χ0) is 10.7. The van der Waals surface area contributed by atoms with Gasteiger partial charge in [-0.05, 0) is 26.0 Å². The van der Waals surface area contributed by atoms with Gasteiger partial charge >= 0.3 is 0 Å². The first-order valence-electron chi connectivity index (χ1n) is 4.89. The molecule has 0 aliphatic heterocycles. The van der Waals surface area contributed by atoms with Crippen molar-refractivity contribution in [3.05, 3.63) is 29.8 Å². The van der Waals surface area contributed by atoms with Crippen molar-refractivity contribution in [3.63, 3.8) is 0 Å². The van der Waals surface area contributed by atoms with Gasteiger partial charge in [-0.15, -0.1) is 11.3 Å². The molecule has 78 valence electrons. The number of thiazole rings is 1. The molecule has 0 atom stereocenters. The first-order valence-corrected chi connectivity index (χ1v) is 5.77. The quantitative estimate of drug-likeness (QED) is 0.862. The number of rotatable bonds is 3. The van der Waals surface area contributed by atoms with Crippen LogP contribution in [0.2, 0.25) is 0 Å². The van der Waals surface area contributed by atoms with Crippen molar-refractivity contribution < 1.29 is 0 Å². The lowest BCUT2D eigenvalue weighted by molar-refractivity contribution is 0.896. The fourth-order valence-electron chi connectivity index (χ4n) is 1.22. The van der Waals surface area contributed by atoms with Gasteiger partial charge in [0.25, 0.3) is 0 Å². The van der Waals surface area contributed by atoms with Crippen molar-refractivity contribution in [1.29, 1.82) is 0 Å². The Morgan fingerprint density at radius 1 is 1.27 bits per heavy atom. The fraction of sp³-hybridized carbons (Fsp3) is 0.273. The molecule has 3 nitrogen and oxygen atoms in total. The summed E-state index contributed by atoms with van der Waals surface area (Å²) in [5.41, 5.74) is 1.86. The summed E-state index contributed by atoms with van der Waals surface area (Å²) in [5.74, 6) is 0. The SMILES string of the molecule is CC(C)Nc1nc(-c2ccccn2)cs1. The second-order valence-electron chi connectivity index (χ2n) is 3.55. The minimum absolute atomic E-state index is 0.410. The molecule has 0 aliphatic carbocycles. The summed E-state index contributed by atoms with van der Waals surface area (Å²) in [7, 11) is 0. The highest BCUT2D eigenvalue weighted by Crippen LogP contribution is 2.23. The topological polar surface area (TPSA) is 37.8 Å². The number of anilines is 1. The molecule has 0 fully saturated rings. The summed E-state index contributed by atoms with van der Waals surface area (Å²) in [6.45, 7) is 4.20. The van der Waals surface area contributed by atoms with Gasteiger partial charge in [0.2, 0.25) is 0 Å². The molecule has 0 bridgehead atoms. The molecule has 0 aliphatic rings. The molecule has 2 heterocycles. The molecule has 0 spiro atoms. The maximum Gasteiger partial charge on any atom is 0.183 e. The van der Waals surface area contributed by atoms with Crippen molar-refractivity contribution in [2.75, 3.05) is 5.32 Å². The second kappa shape index (κ2) is 4.40. The normalized spacial score (nSPS) is 10.6. The Morgan fingerprint density at radius 3 is 2.80 bits per heavy atom. The predicted molar refractivity (Wildman–Crippen MR) is 64.1 cm³/mol. The first kappa shape index (κ1) is 10.1. The van der Waals surface area contributed by atoms with Gasteiger partial charge in [0.15, 0.2) is 5.13 Å². The Hall–Kier alpha value is -1.42. The minimum Gasteiger partial charge on any atom is -0.359 e. The molecule has 0 aromatic carbocycles. The first-order chi connectivity index (χ1) is 7.25. The predicted octanol–water partition coefficient (Wildman–Crippen LogP) is 3.03. The Bertz CT molecular complexity index is 422. The summed E-state index contributed by atoms with van der Waals surface area (Å²) in [6.07, 6.45) is 1.78. The van der Waals surface area contributed by atoms with Gasteiger partial charge in [-0.25, -0.2) is 4.98 Å². The second-order valence-corrected chi connectivity index (χ2v) is 4.41. The monoisotopic (exact) mass is 219 g/mol. The van der Waals surface area contributed by atoms with Crippen LogP contribution in [0.1, 0.15) is 13.8 Å². The molecular formula is C11H13N3S. The van der Waals surface area contributed by atoms with Crippen LogP contribution in [0.25, 0.3) is 11.4 Å². The Labute approximate surface area is 93.2 Å². The van der Waals surface area contributed by atoms with Gasteiger partial charge in [-0.2, -0.15) is 0 Å². The van der Waals surface area contributed by atoms with Gasteiger partial charge in [-0.1, -0.05) is 6.07 Å². The van der Waals surface area contributed by atoms with Crippen LogP contribution in [0, 0.1) is 0 Å². The third kappa shape index (κ3) is 2.53. The van der Waals surface area contributed by atoms with E-state index in [0.29, 0.717) is 6.04 Å². The van der Waals surface area contributed by atoms with E-state index in [2.05, 4.69) is 29.1 Å². The lowest BCUT2D eigenvalue weighted by Crippen LogP contribution is -2.08. The summed E-state index contributed by atoms with van der Waals surface area (Å²) >= 11 is 1.61. The van der Waals surface area contributed by atoms with Crippen molar-refractivity contribution >= 4 is 16.5 Å². The molecule has 0 unspecified atom stereocenters. The van der Waals surface area contributed by atoms with Crippen LogP contribution in [0.3, 0.4) is 0 Å². The van der Waals surface area contributed by atoms with E-state index in [-0.39, 0.29) is 0 Å². The Balaban J connectivity index is 2.21. The average molecular weight is 219 g/mol. The van der Waals surface area contributed by atoms with Crippen LogP contribution in [0.15, 0.2) is 29.8 Å². The summed E-state index contributed by atoms with van der Waals surface area (Å²) in [5, 5.41) is 6.25. The number of pyridine rings is 1. The van der Waals surface area contributed by atoms with Crippen LogP contribution in [0.4, 0.5) is 5.13 Å². The number of hydrogen-bond donors (Lipinski definition) is 1. The molecule has 4 heteroatoms. The standard InChI is InChI=1S/C11H13N3S/c1-8(2)13-11-14-10(7-15-11)9-5-3-4-6-12-9/h3-8H,1-2H3,(H,13,14). The Kier molecular flexibility index (Phi) is 2.97. The van der Waals surface area contributed by atoms with E-state index in [1.54, 1.807) is 17.5 Å². The largest absolute Gasteiger partial charge is 0.359 e. The van der Waals surface area contributed by atoms with Gasteiger partial charge < -0.3 is 5.32 Å². The lowest BCUT2D eigenvalue weighted by atomic mass is 10.3. The number of nitrogens with one attached hydrogen (secondary N) is 1. The van der Waals surface area contributed by atoms with Gasteiger partial charge in [0, 0.05) is 17.6 Å². The van der Waals surface area contributed by atoms with Crippen LogP contribution in [-0.2, 0) is 0 Å². The zero-order valence-electron chi connectivity index (χ0n) is 8.77. The van der Waals surface area contributed by atoms with Crippen LogP contribution in [-0.4, -0.2) is 16.0 Å². The van der Waals surface area contributed by atoms with Crippen molar-refractivity contribution in [1.82, 2.24) is 9.97 Å². The molecule has 0 saturated heterocycles. The van der Waals surface area contributed by atoms with Gasteiger partial charge in [0.05, 0.1) is 5.69 Å². The Morgan fingerprint density at radius 2 is 2.13 bits per heavy atom. The van der Waals surface area contributed by atoms with Crippen molar-refractivity contribution in [2.24, 2.45) is 0 Å². The van der Waals surface area contributed by atoms with E-state index in [0.717, 1.165) is 16.5 Å². The van der Waals surface area contributed by atoms with Crippen molar-refractivity contribution in [2.45, 2.75) is 19.9 Å². The molecule has 15 heavy (non-hydrogen) atoms. The molecule has 0 radical (unpaired) electrons. The van der Waals surface area contributed by atoms with E-state index in [1.807, 2.05) is 23.6 Å². The lowest BCUT2D eigenvalue weighted by Gasteiger charge is -2.04. The molecule has 2 aromatic heterocycles. The fourth-order valence-corrected chi connectivity index (χ4v) is 2.07. The smallest absolute Gasteiger partial charge is 0.183 e. The van der Waals surface area contributed by atoms with Crippen molar-refractivity contribution in [3.8, 4) is 11.4 Å². The van der Waals surface area contributed by atoms with Crippen LogP contribution >= 0.6 is 11.3 Å². The van der Waals surface area contributed by atoms with Crippen LogP contribution < -0.4 is 5.32 Å². The van der Waals surface area contributed by atoms with E-state index in [9.17, 15) is 0 Å². The summed E-state index contributed by atoms with van der Waals surface area (Å²) in [4.78, 5) is 8.72. The number of nitrogens with zero attached hydrogens (tertiary/aromatic N) is 2. The third-order valence-electron chi connectivity index (χ3n) is 1.84. The maximum absolute atomic E-state index is 4.47. The average Bonchev–Trinajstić information content (AvgIpc) is 2.67. The molecule has 1 N–H and O–H groups in total. The number of hydrogen-bond acceptors (Lipinski definition) is 4. The van der Waals surface area contributed by atoms with E-state index >= 15 is 0 Å². The molecule has 0 amide bonds. The molecule has 2 rings (SSSR count). The maximum atomic E-state index is 4.47. The summed E-state index contributed by atoms with van der Waals surface area (Å²) < 4.78 is 0. The third-order valence-corrected chi connectivity index (χ3v) is 2.62. The minimum atomic E-state index is 0.410. The highest BCUT2D eigenvalue weighted by Gasteiger charge is 2.05. The van der Waals surface area contributed by atoms with E-state index < -0.39 is 0 Å². The molecule has 2 aromatic rings. The highest BCUT2D eigenvalue weighted by molar-refractivity contribution is 7.14. The van der Waals surface area contributed by atoms with Crippen LogP contribution in [0.5, 0.6) is 0 Å². The van der Waals surface area contributed by atoms with Gasteiger partial charge in [0.1, 0.15) is 5.69 Å². The van der Waals surface area contributed by atoms with Gasteiger partial charge in [-0.3, -0.25) is 4.98 Å². The molecule has 0 saturated carbocycles. The summed E-state index contributed by atoms with van der Waals surface area (Å²) in [6, 6.07) is 6.25. The highest BCUT2D eigenvalue weighted by atomic mass is 32.1. The van der Waals surface area contributed by atoms with E-state index in [1.165, 1.54) is 0 Å². The van der Waals surface area contributed by atoms with E-state index in [4.69, 9.17) is 0 Å². The molecular weight excluding hydrogens is 206 g/mol. The number of aromatic nitrogens is 2.